The number of rotatable bonds is 8. The van der Waals surface area contributed by atoms with Gasteiger partial charge < -0.3 is 10.2 Å². The second-order valence-corrected chi connectivity index (χ2v) is 7.71. The summed E-state index contributed by atoms with van der Waals surface area (Å²) in [6.07, 6.45) is 5.43. The highest BCUT2D eigenvalue weighted by Gasteiger charge is 2.29. The minimum atomic E-state index is -0.0962. The van der Waals surface area contributed by atoms with Gasteiger partial charge in [-0.25, -0.2) is 0 Å². The Hall–Kier alpha value is -2.15. The lowest BCUT2D eigenvalue weighted by molar-refractivity contribution is -0.134. The number of carbonyl (C=O) groups is 2. The normalized spacial score (nSPS) is 16.3. The first-order chi connectivity index (χ1) is 12.7. The summed E-state index contributed by atoms with van der Waals surface area (Å²) in [7, 11) is 0. The smallest absolute Gasteiger partial charge is 0.222 e. The van der Waals surface area contributed by atoms with Crippen LogP contribution in [0.15, 0.2) is 29.8 Å². The van der Waals surface area contributed by atoms with Crippen LogP contribution in [0.25, 0.3) is 0 Å². The van der Waals surface area contributed by atoms with Gasteiger partial charge in [-0.3, -0.25) is 14.3 Å². The number of hydrogen-bond acceptors (Lipinski definition) is 4. The Morgan fingerprint density at radius 1 is 1.38 bits per heavy atom. The van der Waals surface area contributed by atoms with E-state index in [1.807, 2.05) is 27.1 Å². The summed E-state index contributed by atoms with van der Waals surface area (Å²) in [5, 5.41) is 9.41. The first-order valence-electron chi connectivity index (χ1n) is 9.26. The van der Waals surface area contributed by atoms with Gasteiger partial charge in [-0.15, -0.1) is 11.3 Å². The lowest BCUT2D eigenvalue weighted by Gasteiger charge is -2.33. The van der Waals surface area contributed by atoms with Gasteiger partial charge in [-0.2, -0.15) is 5.10 Å². The maximum absolute atomic E-state index is 12.4. The van der Waals surface area contributed by atoms with E-state index >= 15 is 0 Å². The van der Waals surface area contributed by atoms with Crippen LogP contribution in [0, 0.1) is 0 Å². The second kappa shape index (κ2) is 8.98. The van der Waals surface area contributed by atoms with E-state index in [9.17, 15) is 9.59 Å². The van der Waals surface area contributed by atoms with Crippen LogP contribution in [0.2, 0.25) is 0 Å². The van der Waals surface area contributed by atoms with Crippen LogP contribution in [0.4, 0.5) is 0 Å². The molecule has 2 aromatic heterocycles. The SMILES string of the molecule is CCCCC(=O)N1Cc2ccnn2[C@@H](CC(=O)NCCc2cccs2)C1. The number of nitrogens with zero attached hydrogens (tertiary/aromatic N) is 3. The van der Waals surface area contributed by atoms with Crippen molar-refractivity contribution in [3.63, 3.8) is 0 Å². The van der Waals surface area contributed by atoms with Crippen LogP contribution in [-0.2, 0) is 22.6 Å². The number of hydrogen-bond donors (Lipinski definition) is 1. The van der Waals surface area contributed by atoms with Gasteiger partial charge >= 0.3 is 0 Å². The molecule has 0 aliphatic carbocycles. The lowest BCUT2D eigenvalue weighted by Crippen LogP contribution is -2.43. The van der Waals surface area contributed by atoms with E-state index in [1.54, 1.807) is 17.5 Å². The van der Waals surface area contributed by atoms with E-state index < -0.39 is 0 Å². The van der Waals surface area contributed by atoms with E-state index in [1.165, 1.54) is 4.88 Å². The van der Waals surface area contributed by atoms with Crippen molar-refractivity contribution >= 4 is 23.2 Å². The molecule has 1 N–H and O–H groups in total. The molecule has 0 saturated heterocycles. The fourth-order valence-corrected chi connectivity index (χ4v) is 3.99. The van der Waals surface area contributed by atoms with Crippen molar-refractivity contribution in [2.75, 3.05) is 13.1 Å². The number of amides is 2. The Balaban J connectivity index is 1.55. The molecule has 3 rings (SSSR count). The topological polar surface area (TPSA) is 67.2 Å². The molecular formula is C19H26N4O2S. The van der Waals surface area contributed by atoms with E-state index in [0.717, 1.165) is 25.0 Å². The highest BCUT2D eigenvalue weighted by Crippen LogP contribution is 2.23. The van der Waals surface area contributed by atoms with Crippen molar-refractivity contribution < 1.29 is 9.59 Å². The number of fused-ring (bicyclic) bond motifs is 1. The maximum atomic E-state index is 12.4. The van der Waals surface area contributed by atoms with Gasteiger partial charge in [0.05, 0.1) is 24.7 Å². The van der Waals surface area contributed by atoms with Crippen LogP contribution in [0.1, 0.15) is 49.2 Å². The highest BCUT2D eigenvalue weighted by molar-refractivity contribution is 7.09. The second-order valence-electron chi connectivity index (χ2n) is 6.68. The Kier molecular flexibility index (Phi) is 6.44. The van der Waals surface area contributed by atoms with Gasteiger partial charge in [0, 0.05) is 30.6 Å². The van der Waals surface area contributed by atoms with Gasteiger partial charge in [0.1, 0.15) is 0 Å². The summed E-state index contributed by atoms with van der Waals surface area (Å²) in [4.78, 5) is 27.9. The first-order valence-corrected chi connectivity index (χ1v) is 10.1. The van der Waals surface area contributed by atoms with E-state index in [2.05, 4.69) is 23.4 Å². The van der Waals surface area contributed by atoms with Gasteiger partial charge in [0.2, 0.25) is 11.8 Å². The molecule has 140 valence electrons. The van der Waals surface area contributed by atoms with Crippen molar-refractivity contribution in [2.45, 2.75) is 51.6 Å². The quantitative estimate of drug-likeness (QED) is 0.773. The summed E-state index contributed by atoms with van der Waals surface area (Å²) in [6.45, 7) is 3.85. The summed E-state index contributed by atoms with van der Waals surface area (Å²) in [5.74, 6) is 0.179. The Bertz CT molecular complexity index is 726. The minimum Gasteiger partial charge on any atom is -0.356 e. The maximum Gasteiger partial charge on any atom is 0.222 e. The lowest BCUT2D eigenvalue weighted by atomic mass is 10.1. The zero-order valence-electron chi connectivity index (χ0n) is 15.2. The molecular weight excluding hydrogens is 348 g/mol. The minimum absolute atomic E-state index is 0.0101. The molecule has 0 saturated carbocycles. The van der Waals surface area contributed by atoms with E-state index in [0.29, 0.717) is 32.5 Å². The Morgan fingerprint density at radius 3 is 3.04 bits per heavy atom. The number of aromatic nitrogens is 2. The summed E-state index contributed by atoms with van der Waals surface area (Å²) in [6, 6.07) is 5.93. The third-order valence-electron chi connectivity index (χ3n) is 4.67. The number of nitrogens with one attached hydrogen (secondary N) is 1. The largest absolute Gasteiger partial charge is 0.356 e. The zero-order valence-corrected chi connectivity index (χ0v) is 16.0. The molecule has 2 aromatic rings. The number of carbonyl (C=O) groups excluding carboxylic acids is 2. The molecule has 0 aromatic carbocycles. The third-order valence-corrected chi connectivity index (χ3v) is 5.61. The van der Waals surface area contributed by atoms with Gasteiger partial charge in [-0.1, -0.05) is 19.4 Å². The van der Waals surface area contributed by atoms with Crippen LogP contribution in [0.3, 0.4) is 0 Å². The average Bonchev–Trinajstić information content (AvgIpc) is 3.31. The van der Waals surface area contributed by atoms with Crippen molar-refractivity contribution in [2.24, 2.45) is 0 Å². The highest BCUT2D eigenvalue weighted by atomic mass is 32.1. The molecule has 1 atom stereocenters. The van der Waals surface area contributed by atoms with E-state index in [4.69, 9.17) is 0 Å². The summed E-state index contributed by atoms with van der Waals surface area (Å²) in [5.41, 5.74) is 0.998. The summed E-state index contributed by atoms with van der Waals surface area (Å²) < 4.78 is 1.91. The molecule has 1 aliphatic heterocycles. The zero-order chi connectivity index (χ0) is 18.4. The van der Waals surface area contributed by atoms with Crippen molar-refractivity contribution in [1.82, 2.24) is 20.0 Å². The fourth-order valence-electron chi connectivity index (χ4n) is 3.28. The molecule has 1 aliphatic rings. The van der Waals surface area contributed by atoms with Gasteiger partial charge in [-0.05, 0) is 30.4 Å². The molecule has 26 heavy (non-hydrogen) atoms. The first kappa shape index (κ1) is 18.6. The Morgan fingerprint density at radius 2 is 2.27 bits per heavy atom. The predicted molar refractivity (Wildman–Crippen MR) is 102 cm³/mol. The Labute approximate surface area is 158 Å². The molecule has 0 bridgehead atoms. The molecule has 6 nitrogen and oxygen atoms in total. The van der Waals surface area contributed by atoms with Crippen LogP contribution in [-0.4, -0.2) is 39.6 Å². The van der Waals surface area contributed by atoms with Crippen molar-refractivity contribution in [3.8, 4) is 0 Å². The predicted octanol–water partition coefficient (Wildman–Crippen LogP) is 2.77. The van der Waals surface area contributed by atoms with Crippen molar-refractivity contribution in [3.05, 3.63) is 40.3 Å². The van der Waals surface area contributed by atoms with Gasteiger partial charge in [0.25, 0.3) is 0 Å². The van der Waals surface area contributed by atoms with Crippen LogP contribution >= 0.6 is 11.3 Å². The van der Waals surface area contributed by atoms with Crippen LogP contribution < -0.4 is 5.32 Å². The number of unbranched alkanes of at least 4 members (excludes halogenated alkanes) is 1. The average molecular weight is 375 g/mol. The summed E-state index contributed by atoms with van der Waals surface area (Å²) >= 11 is 1.70. The third kappa shape index (κ3) is 4.72. The molecule has 2 amide bonds. The van der Waals surface area contributed by atoms with Gasteiger partial charge in [0.15, 0.2) is 0 Å². The fraction of sp³-hybridized carbons (Fsp3) is 0.526. The molecule has 0 fully saturated rings. The number of thiophene rings is 1. The molecule has 0 unspecified atom stereocenters. The standard InChI is InChI=1S/C19H26N4O2S/c1-2-3-6-19(25)22-13-15-7-10-21-23(15)16(14-22)12-18(24)20-9-8-17-5-4-11-26-17/h4-5,7,10-11,16H,2-3,6,8-9,12-14H2,1H3,(H,20,24)/t16-/m0/s1. The molecule has 0 radical (unpaired) electrons. The van der Waals surface area contributed by atoms with E-state index in [-0.39, 0.29) is 17.9 Å². The van der Waals surface area contributed by atoms with Crippen molar-refractivity contribution in [1.29, 1.82) is 0 Å². The molecule has 7 heteroatoms. The molecule has 3 heterocycles. The van der Waals surface area contributed by atoms with Crippen LogP contribution in [0.5, 0.6) is 0 Å². The molecule has 0 spiro atoms. The monoisotopic (exact) mass is 374 g/mol.